The molecule has 2 heteroatoms. The monoisotopic (exact) mass is 226 g/mol. The second kappa shape index (κ2) is 19.3. The van der Waals surface area contributed by atoms with Crippen LogP contribution >= 0.6 is 0 Å². The van der Waals surface area contributed by atoms with Gasteiger partial charge in [0, 0.05) is 6.92 Å². The highest BCUT2D eigenvalue weighted by atomic mass is 16.5. The van der Waals surface area contributed by atoms with E-state index in [2.05, 4.69) is 6.58 Å². The second-order valence-corrected chi connectivity index (χ2v) is 2.26. The lowest BCUT2D eigenvalue weighted by Crippen LogP contribution is -2.01. The molecule has 0 fully saturated rings. The quantitative estimate of drug-likeness (QED) is 0.528. The molecule has 0 bridgehead atoms. The van der Waals surface area contributed by atoms with Crippen LogP contribution in [0.1, 0.15) is 41.5 Å². The van der Waals surface area contributed by atoms with E-state index in [0.29, 0.717) is 6.61 Å². The fourth-order valence-corrected chi connectivity index (χ4v) is 0.702. The van der Waals surface area contributed by atoms with Gasteiger partial charge in [-0.15, -0.1) is 0 Å². The third-order valence-corrected chi connectivity index (χ3v) is 1.15. The van der Waals surface area contributed by atoms with Crippen LogP contribution in [0.15, 0.2) is 36.5 Å². The van der Waals surface area contributed by atoms with E-state index < -0.39 is 0 Å². The third-order valence-electron chi connectivity index (χ3n) is 1.15. The zero-order valence-electron chi connectivity index (χ0n) is 11.5. The number of hydrogen-bond donors (Lipinski definition) is 0. The Morgan fingerprint density at radius 2 is 1.75 bits per heavy atom. The number of esters is 1. The van der Waals surface area contributed by atoms with Gasteiger partial charge in [-0.1, -0.05) is 58.6 Å². The molecule has 16 heavy (non-hydrogen) atoms. The van der Waals surface area contributed by atoms with E-state index in [1.54, 1.807) is 6.08 Å². The van der Waals surface area contributed by atoms with Crippen molar-refractivity contribution in [2.75, 3.05) is 6.61 Å². The number of hydrogen-bond acceptors (Lipinski definition) is 2. The van der Waals surface area contributed by atoms with Crippen molar-refractivity contribution in [3.63, 3.8) is 0 Å². The van der Waals surface area contributed by atoms with Gasteiger partial charge in [0.25, 0.3) is 0 Å². The Hall–Kier alpha value is -1.31. The molecule has 0 spiro atoms. The molecular formula is C14H26O2. The molecule has 0 radical (unpaired) electrons. The van der Waals surface area contributed by atoms with Crippen LogP contribution in [0.2, 0.25) is 0 Å². The first-order valence-corrected chi connectivity index (χ1v) is 5.78. The van der Waals surface area contributed by atoms with Crippen molar-refractivity contribution in [2.24, 2.45) is 0 Å². The topological polar surface area (TPSA) is 26.3 Å². The minimum absolute atomic E-state index is 0.269. The Bertz CT molecular complexity index is 213. The second-order valence-electron chi connectivity index (χ2n) is 2.26. The summed E-state index contributed by atoms with van der Waals surface area (Å²) in [6.45, 7) is 15.2. The maximum Gasteiger partial charge on any atom is 0.302 e. The van der Waals surface area contributed by atoms with Crippen molar-refractivity contribution in [1.29, 1.82) is 0 Å². The van der Waals surface area contributed by atoms with Gasteiger partial charge in [0.2, 0.25) is 0 Å². The fraction of sp³-hybridized carbons (Fsp3) is 0.500. The summed E-state index contributed by atoms with van der Waals surface area (Å²) in [4.78, 5) is 10.5. The van der Waals surface area contributed by atoms with Gasteiger partial charge in [-0.3, -0.25) is 4.79 Å². The maximum absolute atomic E-state index is 10.5. The number of ether oxygens (including phenoxy) is 1. The van der Waals surface area contributed by atoms with E-state index in [0.717, 1.165) is 5.57 Å². The van der Waals surface area contributed by atoms with Gasteiger partial charge in [-0.2, -0.15) is 0 Å². The average Bonchev–Trinajstić information content (AvgIpc) is 2.32. The first-order valence-electron chi connectivity index (χ1n) is 5.78. The predicted octanol–water partition coefficient (Wildman–Crippen LogP) is 4.29. The molecule has 0 unspecified atom stereocenters. The lowest BCUT2D eigenvalue weighted by atomic mass is 10.2. The molecule has 0 aromatic carbocycles. The van der Waals surface area contributed by atoms with Crippen LogP contribution in [0.4, 0.5) is 0 Å². The molecule has 0 aliphatic heterocycles. The van der Waals surface area contributed by atoms with Gasteiger partial charge in [-0.05, 0) is 12.5 Å². The van der Waals surface area contributed by atoms with Gasteiger partial charge in [0.15, 0.2) is 0 Å². The highest BCUT2D eigenvalue weighted by molar-refractivity contribution is 5.66. The predicted molar refractivity (Wildman–Crippen MR) is 72.4 cm³/mol. The molecule has 0 aliphatic carbocycles. The van der Waals surface area contributed by atoms with E-state index in [1.165, 1.54) is 6.92 Å². The summed E-state index contributed by atoms with van der Waals surface area (Å²) in [5, 5.41) is 0. The van der Waals surface area contributed by atoms with Gasteiger partial charge >= 0.3 is 5.97 Å². The standard InChI is InChI=1S/C10H14O2.2C2H6/c1-4-6-10(7-5-2)8-12-9(3)11;2*1-2/h4-7H,1,8H2,2-3H3;2*1-2H3/b7-5-,10-6+;;. The molecule has 0 saturated heterocycles. The molecule has 0 aromatic heterocycles. The van der Waals surface area contributed by atoms with Crippen molar-refractivity contribution in [3.05, 3.63) is 36.5 Å². The summed E-state index contributed by atoms with van der Waals surface area (Å²) in [6.07, 6.45) is 7.24. The van der Waals surface area contributed by atoms with Crippen molar-refractivity contribution in [1.82, 2.24) is 0 Å². The third kappa shape index (κ3) is 18.5. The van der Waals surface area contributed by atoms with Crippen LogP contribution in [-0.4, -0.2) is 12.6 Å². The molecule has 2 nitrogen and oxygen atoms in total. The molecule has 0 aromatic rings. The minimum Gasteiger partial charge on any atom is -0.461 e. The van der Waals surface area contributed by atoms with E-state index in [1.807, 2.05) is 52.8 Å². The lowest BCUT2D eigenvalue weighted by molar-refractivity contribution is -0.139. The number of rotatable bonds is 4. The van der Waals surface area contributed by atoms with Crippen LogP contribution in [0.3, 0.4) is 0 Å². The normalized spacial score (nSPS) is 9.50. The molecule has 0 amide bonds. The molecule has 0 rings (SSSR count). The van der Waals surface area contributed by atoms with Crippen LogP contribution in [0, 0.1) is 0 Å². The zero-order chi connectivity index (χ0) is 13.4. The van der Waals surface area contributed by atoms with Crippen LogP contribution < -0.4 is 0 Å². The molecule has 0 saturated carbocycles. The summed E-state index contributed by atoms with van der Waals surface area (Å²) >= 11 is 0. The van der Waals surface area contributed by atoms with E-state index in [4.69, 9.17) is 4.74 Å². The first kappa shape index (κ1) is 20.1. The maximum atomic E-state index is 10.5. The molecule has 0 aliphatic rings. The SMILES string of the molecule is C=C/C=C(\C=C/C)COC(C)=O.CC.CC. The highest BCUT2D eigenvalue weighted by Crippen LogP contribution is 1.98. The smallest absolute Gasteiger partial charge is 0.302 e. The van der Waals surface area contributed by atoms with E-state index in [-0.39, 0.29) is 5.97 Å². The molecule has 0 atom stereocenters. The summed E-state index contributed by atoms with van der Waals surface area (Å²) < 4.78 is 4.80. The Kier molecular flexibility index (Phi) is 24.3. The van der Waals surface area contributed by atoms with Gasteiger partial charge < -0.3 is 4.74 Å². The Labute approximate surface area is 101 Å². The molecule has 94 valence electrons. The molecular weight excluding hydrogens is 200 g/mol. The zero-order valence-corrected chi connectivity index (χ0v) is 11.5. The summed E-state index contributed by atoms with van der Waals surface area (Å²) in [5.41, 5.74) is 0.933. The van der Waals surface area contributed by atoms with Gasteiger partial charge in [0.05, 0.1) is 0 Å². The summed E-state index contributed by atoms with van der Waals surface area (Å²) in [6, 6.07) is 0. The Balaban J connectivity index is -0.000000376. The summed E-state index contributed by atoms with van der Waals surface area (Å²) in [7, 11) is 0. The van der Waals surface area contributed by atoms with Crippen molar-refractivity contribution in [2.45, 2.75) is 41.5 Å². The van der Waals surface area contributed by atoms with Crippen molar-refractivity contribution in [3.8, 4) is 0 Å². The van der Waals surface area contributed by atoms with E-state index in [9.17, 15) is 4.79 Å². The van der Waals surface area contributed by atoms with Gasteiger partial charge in [-0.25, -0.2) is 0 Å². The molecule has 0 heterocycles. The minimum atomic E-state index is -0.269. The van der Waals surface area contributed by atoms with Crippen LogP contribution in [0.5, 0.6) is 0 Å². The van der Waals surface area contributed by atoms with Crippen molar-refractivity contribution >= 4 is 5.97 Å². The van der Waals surface area contributed by atoms with Crippen molar-refractivity contribution < 1.29 is 9.53 Å². The average molecular weight is 226 g/mol. The number of carbonyl (C=O) groups is 1. The highest BCUT2D eigenvalue weighted by Gasteiger charge is 1.94. The number of carbonyl (C=O) groups excluding carboxylic acids is 1. The van der Waals surface area contributed by atoms with E-state index >= 15 is 0 Å². The van der Waals surface area contributed by atoms with Crippen LogP contribution in [0.25, 0.3) is 0 Å². The van der Waals surface area contributed by atoms with Gasteiger partial charge in [0.1, 0.15) is 6.61 Å². The largest absolute Gasteiger partial charge is 0.461 e. The molecule has 0 N–H and O–H groups in total. The summed E-state index contributed by atoms with van der Waals surface area (Å²) in [5.74, 6) is -0.269. The first-order chi connectivity index (χ1) is 7.70. The Morgan fingerprint density at radius 1 is 1.25 bits per heavy atom. The Morgan fingerprint density at radius 3 is 2.06 bits per heavy atom. The van der Waals surface area contributed by atoms with Crippen LogP contribution in [-0.2, 0) is 9.53 Å². The lowest BCUT2D eigenvalue weighted by Gasteiger charge is -2.01. The number of allylic oxidation sites excluding steroid dienone is 3. The fourth-order valence-electron chi connectivity index (χ4n) is 0.702.